The number of ether oxygens (including phenoxy) is 2. The molecule has 100 valence electrons. The molecule has 0 fully saturated rings. The molecule has 1 N–H and O–H groups in total. The predicted molar refractivity (Wildman–Crippen MR) is 69.1 cm³/mol. The van der Waals surface area contributed by atoms with Crippen LogP contribution in [0.25, 0.3) is 0 Å². The molecule has 1 amide bonds. The van der Waals surface area contributed by atoms with E-state index in [1.165, 1.54) is 18.4 Å². The molecule has 0 bridgehead atoms. The van der Waals surface area contributed by atoms with Crippen molar-refractivity contribution in [3.63, 3.8) is 0 Å². The van der Waals surface area contributed by atoms with E-state index >= 15 is 0 Å². The standard InChI is InChI=1S/C12H17NO4S/c1-3-17-10(14)5-4-7-13-12(15)11-9(16-2)6-8-18-11/h6,8H,3-5,7H2,1-2H3,(H,13,15). The van der Waals surface area contributed by atoms with Gasteiger partial charge in [-0.2, -0.15) is 0 Å². The molecule has 0 aromatic carbocycles. The molecule has 5 nitrogen and oxygen atoms in total. The van der Waals surface area contributed by atoms with Crippen LogP contribution in [0.5, 0.6) is 5.75 Å². The highest BCUT2D eigenvalue weighted by atomic mass is 32.1. The van der Waals surface area contributed by atoms with Crippen LogP contribution in [0.1, 0.15) is 29.4 Å². The van der Waals surface area contributed by atoms with Crippen molar-refractivity contribution in [2.75, 3.05) is 20.3 Å². The second kappa shape index (κ2) is 7.71. The van der Waals surface area contributed by atoms with E-state index in [1.807, 2.05) is 0 Å². The van der Waals surface area contributed by atoms with Crippen LogP contribution >= 0.6 is 11.3 Å². The van der Waals surface area contributed by atoms with E-state index in [4.69, 9.17) is 9.47 Å². The van der Waals surface area contributed by atoms with E-state index in [1.54, 1.807) is 18.4 Å². The highest BCUT2D eigenvalue weighted by molar-refractivity contribution is 7.12. The third kappa shape index (κ3) is 4.37. The first-order chi connectivity index (χ1) is 8.69. The third-order valence-corrected chi connectivity index (χ3v) is 3.10. The first-order valence-corrected chi connectivity index (χ1v) is 6.62. The number of rotatable bonds is 7. The van der Waals surface area contributed by atoms with Crippen molar-refractivity contribution in [3.8, 4) is 5.75 Å². The number of methoxy groups -OCH3 is 1. The molecule has 0 unspecified atom stereocenters. The van der Waals surface area contributed by atoms with Crippen molar-refractivity contribution >= 4 is 23.2 Å². The molecular formula is C12H17NO4S. The Hall–Kier alpha value is -1.56. The molecular weight excluding hydrogens is 254 g/mol. The average molecular weight is 271 g/mol. The van der Waals surface area contributed by atoms with Gasteiger partial charge in [0.05, 0.1) is 13.7 Å². The van der Waals surface area contributed by atoms with Gasteiger partial charge in [-0.1, -0.05) is 0 Å². The lowest BCUT2D eigenvalue weighted by atomic mass is 10.3. The minimum absolute atomic E-state index is 0.175. The number of thiophene rings is 1. The molecule has 18 heavy (non-hydrogen) atoms. The fourth-order valence-electron chi connectivity index (χ4n) is 1.37. The number of esters is 1. The molecule has 0 aliphatic rings. The molecule has 0 aliphatic heterocycles. The average Bonchev–Trinajstić information content (AvgIpc) is 2.83. The van der Waals surface area contributed by atoms with Gasteiger partial charge in [-0.25, -0.2) is 0 Å². The Morgan fingerprint density at radius 1 is 1.44 bits per heavy atom. The maximum atomic E-state index is 11.8. The van der Waals surface area contributed by atoms with E-state index in [0.717, 1.165) is 0 Å². The van der Waals surface area contributed by atoms with Gasteiger partial charge in [0.15, 0.2) is 0 Å². The Morgan fingerprint density at radius 2 is 2.22 bits per heavy atom. The summed E-state index contributed by atoms with van der Waals surface area (Å²) in [7, 11) is 1.53. The van der Waals surface area contributed by atoms with Gasteiger partial charge in [-0.3, -0.25) is 9.59 Å². The summed E-state index contributed by atoms with van der Waals surface area (Å²) in [5.74, 6) is 0.161. The molecule has 6 heteroatoms. The highest BCUT2D eigenvalue weighted by Gasteiger charge is 2.13. The normalized spacial score (nSPS) is 9.89. The van der Waals surface area contributed by atoms with Crippen molar-refractivity contribution in [1.29, 1.82) is 0 Å². The SMILES string of the molecule is CCOC(=O)CCCNC(=O)c1sccc1OC. The van der Waals surface area contributed by atoms with Gasteiger partial charge in [0.2, 0.25) is 0 Å². The summed E-state index contributed by atoms with van der Waals surface area (Å²) in [6, 6.07) is 1.75. The third-order valence-electron chi connectivity index (χ3n) is 2.20. The van der Waals surface area contributed by atoms with E-state index < -0.39 is 0 Å². The summed E-state index contributed by atoms with van der Waals surface area (Å²) >= 11 is 1.33. The zero-order valence-corrected chi connectivity index (χ0v) is 11.3. The molecule has 0 spiro atoms. The molecule has 0 saturated heterocycles. The largest absolute Gasteiger partial charge is 0.495 e. The van der Waals surface area contributed by atoms with Crippen LogP contribution in [-0.2, 0) is 9.53 Å². The lowest BCUT2D eigenvalue weighted by molar-refractivity contribution is -0.143. The van der Waals surface area contributed by atoms with Gasteiger partial charge in [-0.05, 0) is 24.8 Å². The second-order valence-corrected chi connectivity index (χ2v) is 4.40. The molecule has 0 aliphatic carbocycles. The first kappa shape index (κ1) is 14.5. The number of carbonyl (C=O) groups is 2. The van der Waals surface area contributed by atoms with Crippen molar-refractivity contribution in [2.45, 2.75) is 19.8 Å². The number of hydrogen-bond acceptors (Lipinski definition) is 5. The van der Waals surface area contributed by atoms with Crippen LogP contribution < -0.4 is 10.1 Å². The molecule has 0 saturated carbocycles. The fraction of sp³-hybridized carbons (Fsp3) is 0.500. The molecule has 0 radical (unpaired) electrons. The molecule has 1 heterocycles. The summed E-state index contributed by atoms with van der Waals surface area (Å²) in [6.07, 6.45) is 0.883. The summed E-state index contributed by atoms with van der Waals surface area (Å²) in [5.41, 5.74) is 0. The minimum Gasteiger partial charge on any atom is -0.495 e. The lowest BCUT2D eigenvalue weighted by Gasteiger charge is -2.05. The number of carbonyl (C=O) groups excluding carboxylic acids is 2. The topological polar surface area (TPSA) is 64.6 Å². The van der Waals surface area contributed by atoms with E-state index in [0.29, 0.717) is 36.6 Å². The fourth-order valence-corrected chi connectivity index (χ4v) is 2.15. The van der Waals surface area contributed by atoms with Crippen molar-refractivity contribution in [2.24, 2.45) is 0 Å². The summed E-state index contributed by atoms with van der Waals surface area (Å²) in [4.78, 5) is 23.4. The van der Waals surface area contributed by atoms with Gasteiger partial charge < -0.3 is 14.8 Å². The smallest absolute Gasteiger partial charge is 0.305 e. The molecule has 1 aromatic heterocycles. The molecule has 0 atom stereocenters. The van der Waals surface area contributed by atoms with Crippen LogP contribution in [0.3, 0.4) is 0 Å². The van der Waals surface area contributed by atoms with Crippen LogP contribution in [0.15, 0.2) is 11.4 Å². The minimum atomic E-state index is -0.236. The number of hydrogen-bond donors (Lipinski definition) is 1. The van der Waals surface area contributed by atoms with Crippen molar-refractivity contribution in [1.82, 2.24) is 5.32 Å². The van der Waals surface area contributed by atoms with Crippen molar-refractivity contribution < 1.29 is 19.1 Å². The molecule has 1 rings (SSSR count). The Balaban J connectivity index is 2.28. The van der Waals surface area contributed by atoms with Gasteiger partial charge in [0, 0.05) is 13.0 Å². The Kier molecular flexibility index (Phi) is 6.21. The van der Waals surface area contributed by atoms with Crippen LogP contribution in [-0.4, -0.2) is 32.1 Å². The number of amides is 1. The number of nitrogens with one attached hydrogen (secondary N) is 1. The Bertz CT molecular complexity index is 403. The second-order valence-electron chi connectivity index (χ2n) is 3.48. The van der Waals surface area contributed by atoms with Gasteiger partial charge >= 0.3 is 5.97 Å². The summed E-state index contributed by atoms with van der Waals surface area (Å²) in [5, 5.41) is 4.54. The lowest BCUT2D eigenvalue weighted by Crippen LogP contribution is -2.24. The van der Waals surface area contributed by atoms with Gasteiger partial charge in [-0.15, -0.1) is 11.3 Å². The first-order valence-electron chi connectivity index (χ1n) is 5.74. The zero-order valence-electron chi connectivity index (χ0n) is 10.5. The van der Waals surface area contributed by atoms with Crippen molar-refractivity contribution in [3.05, 3.63) is 16.3 Å². The van der Waals surface area contributed by atoms with Crippen LogP contribution in [0.4, 0.5) is 0 Å². The quantitative estimate of drug-likeness (QED) is 0.607. The Morgan fingerprint density at radius 3 is 2.89 bits per heavy atom. The Labute approximate surface area is 110 Å². The summed E-state index contributed by atoms with van der Waals surface area (Å²) < 4.78 is 9.85. The summed E-state index contributed by atoms with van der Waals surface area (Å²) in [6.45, 7) is 2.60. The maximum Gasteiger partial charge on any atom is 0.305 e. The predicted octanol–water partition coefficient (Wildman–Crippen LogP) is 1.83. The van der Waals surface area contributed by atoms with Crippen LogP contribution in [0.2, 0.25) is 0 Å². The monoisotopic (exact) mass is 271 g/mol. The van der Waals surface area contributed by atoms with E-state index in [9.17, 15) is 9.59 Å². The molecule has 1 aromatic rings. The van der Waals surface area contributed by atoms with E-state index in [2.05, 4.69) is 5.32 Å². The van der Waals surface area contributed by atoms with E-state index in [-0.39, 0.29) is 11.9 Å². The van der Waals surface area contributed by atoms with Crippen LogP contribution in [0, 0.1) is 0 Å². The zero-order chi connectivity index (χ0) is 13.4. The highest BCUT2D eigenvalue weighted by Crippen LogP contribution is 2.23. The van der Waals surface area contributed by atoms with Gasteiger partial charge in [0.25, 0.3) is 5.91 Å². The maximum absolute atomic E-state index is 11.8. The van der Waals surface area contributed by atoms with Gasteiger partial charge in [0.1, 0.15) is 10.6 Å².